The summed E-state index contributed by atoms with van der Waals surface area (Å²) in [5, 5.41) is 23.6. The van der Waals surface area contributed by atoms with Crippen molar-refractivity contribution in [2.24, 2.45) is 0 Å². The number of ether oxygens (including phenoxy) is 1. The van der Waals surface area contributed by atoms with Gasteiger partial charge >= 0.3 is 5.97 Å². The largest absolute Gasteiger partial charge is 0.462 e. The zero-order valence-electron chi connectivity index (χ0n) is 36.6. The normalized spacial score (nSPS) is 13.6. The summed E-state index contributed by atoms with van der Waals surface area (Å²) in [4.78, 5) is 26.0. The Balaban J connectivity index is 4.68. The number of nitrogens with one attached hydrogen (secondary N) is 1. The lowest BCUT2D eigenvalue weighted by Crippen LogP contribution is -2.46. The molecule has 0 rings (SSSR count). The first kappa shape index (κ1) is 53.1. The molecule has 6 nitrogen and oxygen atoms in total. The summed E-state index contributed by atoms with van der Waals surface area (Å²) in [6.07, 6.45) is 49.2. The molecular formula is C49H91NO5. The molecule has 0 fully saturated rings. The van der Waals surface area contributed by atoms with Gasteiger partial charge in [-0.3, -0.25) is 9.59 Å². The van der Waals surface area contributed by atoms with E-state index in [9.17, 15) is 19.8 Å². The van der Waals surface area contributed by atoms with Crippen LogP contribution in [0.3, 0.4) is 0 Å². The number of hydrogen-bond donors (Lipinski definition) is 3. The Morgan fingerprint density at radius 1 is 0.527 bits per heavy atom. The van der Waals surface area contributed by atoms with Crippen LogP contribution in [0.1, 0.15) is 239 Å². The molecule has 0 bridgehead atoms. The predicted octanol–water partition coefficient (Wildman–Crippen LogP) is 13.7. The van der Waals surface area contributed by atoms with E-state index in [4.69, 9.17) is 4.74 Å². The van der Waals surface area contributed by atoms with Crippen molar-refractivity contribution in [2.45, 2.75) is 257 Å². The molecule has 0 aliphatic carbocycles. The van der Waals surface area contributed by atoms with Crippen molar-refractivity contribution in [3.05, 3.63) is 36.5 Å². The van der Waals surface area contributed by atoms with E-state index in [0.29, 0.717) is 25.7 Å². The lowest BCUT2D eigenvalue weighted by molar-refractivity contribution is -0.150. The molecule has 0 aromatic rings. The second kappa shape index (κ2) is 43.2. The lowest BCUT2D eigenvalue weighted by Gasteiger charge is -2.24. The second-order valence-corrected chi connectivity index (χ2v) is 16.2. The molecule has 0 aliphatic heterocycles. The van der Waals surface area contributed by atoms with Crippen molar-refractivity contribution in [3.8, 4) is 0 Å². The highest BCUT2D eigenvalue weighted by atomic mass is 16.5. The number of carbonyl (C=O) groups is 2. The Morgan fingerprint density at radius 2 is 0.927 bits per heavy atom. The van der Waals surface area contributed by atoms with Crippen LogP contribution in [0.5, 0.6) is 0 Å². The monoisotopic (exact) mass is 774 g/mol. The molecule has 322 valence electrons. The van der Waals surface area contributed by atoms with Crippen LogP contribution in [0.25, 0.3) is 0 Å². The van der Waals surface area contributed by atoms with Gasteiger partial charge in [0.25, 0.3) is 0 Å². The van der Waals surface area contributed by atoms with Gasteiger partial charge in [0.1, 0.15) is 6.10 Å². The lowest BCUT2D eigenvalue weighted by atomic mass is 10.0. The standard InChI is InChI=1S/C49H91NO5/c1-4-7-10-13-16-19-22-24-26-28-31-34-37-40-45(55-49(54)42-39-36-33-30-27-25-23-20-17-14-11-8-5-2)43-48(53)50-46(44-51)47(52)41-38-35-32-29-21-18-15-12-9-6-3/h19,22,25,27,33,36,45-47,51-52H,4-18,20-21,23-24,26,28-32,34-35,37-44H2,1-3H3,(H,50,53)/b22-19-,27-25-,36-33+. The molecule has 0 saturated heterocycles. The van der Waals surface area contributed by atoms with Crippen LogP contribution in [0.4, 0.5) is 0 Å². The fourth-order valence-corrected chi connectivity index (χ4v) is 7.07. The maximum absolute atomic E-state index is 13.1. The van der Waals surface area contributed by atoms with Gasteiger partial charge in [-0.1, -0.05) is 192 Å². The summed E-state index contributed by atoms with van der Waals surface area (Å²) < 4.78 is 5.87. The van der Waals surface area contributed by atoms with Crippen molar-refractivity contribution in [2.75, 3.05) is 6.61 Å². The molecule has 3 N–H and O–H groups in total. The molecule has 0 heterocycles. The van der Waals surface area contributed by atoms with Crippen LogP contribution in [-0.2, 0) is 14.3 Å². The van der Waals surface area contributed by atoms with Gasteiger partial charge < -0.3 is 20.3 Å². The molecular weight excluding hydrogens is 683 g/mol. The maximum atomic E-state index is 13.1. The Morgan fingerprint density at radius 3 is 1.42 bits per heavy atom. The molecule has 0 spiro atoms. The minimum absolute atomic E-state index is 0.0511. The van der Waals surface area contributed by atoms with E-state index in [1.54, 1.807) is 0 Å². The summed E-state index contributed by atoms with van der Waals surface area (Å²) in [5.41, 5.74) is 0. The van der Waals surface area contributed by atoms with Crippen LogP contribution in [0, 0.1) is 0 Å². The second-order valence-electron chi connectivity index (χ2n) is 16.2. The number of hydrogen-bond acceptors (Lipinski definition) is 5. The summed E-state index contributed by atoms with van der Waals surface area (Å²) in [6.45, 7) is 6.43. The van der Waals surface area contributed by atoms with Gasteiger partial charge in [-0.2, -0.15) is 0 Å². The van der Waals surface area contributed by atoms with Gasteiger partial charge in [0, 0.05) is 6.42 Å². The fraction of sp³-hybridized carbons (Fsp3) is 0.837. The first-order valence-corrected chi connectivity index (χ1v) is 23.7. The number of rotatable bonds is 42. The molecule has 3 atom stereocenters. The number of carbonyl (C=O) groups excluding carboxylic acids is 2. The van der Waals surface area contributed by atoms with E-state index in [2.05, 4.69) is 56.5 Å². The SMILES string of the molecule is CCCCCC/C=C\CCCCCCCC(CC(=O)NC(CO)C(O)CCCCCCCCCCCC)OC(=O)CC/C=C/C/C=C\CCCCCCCC. The minimum Gasteiger partial charge on any atom is -0.462 e. The Bertz CT molecular complexity index is 915. The van der Waals surface area contributed by atoms with Gasteiger partial charge in [-0.05, 0) is 70.6 Å². The van der Waals surface area contributed by atoms with Crippen molar-refractivity contribution in [1.29, 1.82) is 0 Å². The zero-order chi connectivity index (χ0) is 40.3. The summed E-state index contributed by atoms with van der Waals surface area (Å²) in [6, 6.07) is -0.710. The van der Waals surface area contributed by atoms with Gasteiger partial charge in [0.15, 0.2) is 0 Å². The van der Waals surface area contributed by atoms with E-state index in [1.165, 1.54) is 128 Å². The highest BCUT2D eigenvalue weighted by molar-refractivity contribution is 5.77. The summed E-state index contributed by atoms with van der Waals surface area (Å²) in [7, 11) is 0. The number of aliphatic hydroxyl groups excluding tert-OH is 2. The number of amides is 1. The molecule has 1 amide bonds. The smallest absolute Gasteiger partial charge is 0.306 e. The zero-order valence-corrected chi connectivity index (χ0v) is 36.6. The maximum Gasteiger partial charge on any atom is 0.306 e. The first-order chi connectivity index (χ1) is 27.0. The third-order valence-corrected chi connectivity index (χ3v) is 10.7. The highest BCUT2D eigenvalue weighted by Gasteiger charge is 2.24. The average molecular weight is 774 g/mol. The van der Waals surface area contributed by atoms with E-state index in [1.807, 2.05) is 6.08 Å². The Hall–Kier alpha value is -1.92. The van der Waals surface area contributed by atoms with Gasteiger partial charge in [0.05, 0.1) is 25.2 Å². The molecule has 0 saturated carbocycles. The highest BCUT2D eigenvalue weighted by Crippen LogP contribution is 2.17. The van der Waals surface area contributed by atoms with Crippen LogP contribution in [-0.4, -0.2) is 46.9 Å². The summed E-state index contributed by atoms with van der Waals surface area (Å²) in [5.74, 6) is -0.560. The molecule has 6 heteroatoms. The third kappa shape index (κ3) is 38.7. The van der Waals surface area contributed by atoms with E-state index < -0.39 is 18.2 Å². The summed E-state index contributed by atoms with van der Waals surface area (Å²) >= 11 is 0. The van der Waals surface area contributed by atoms with E-state index >= 15 is 0 Å². The van der Waals surface area contributed by atoms with Crippen molar-refractivity contribution >= 4 is 11.9 Å². The molecule has 0 aliphatic rings. The number of allylic oxidation sites excluding steroid dienone is 6. The first-order valence-electron chi connectivity index (χ1n) is 23.7. The van der Waals surface area contributed by atoms with E-state index in [0.717, 1.165) is 57.8 Å². The number of unbranched alkanes of at least 4 members (excludes halogenated alkanes) is 24. The van der Waals surface area contributed by atoms with Crippen molar-refractivity contribution in [1.82, 2.24) is 5.32 Å². The molecule has 0 aromatic carbocycles. The minimum atomic E-state index is -0.794. The van der Waals surface area contributed by atoms with Crippen LogP contribution in [0.2, 0.25) is 0 Å². The number of esters is 1. The number of aliphatic hydroxyl groups is 2. The third-order valence-electron chi connectivity index (χ3n) is 10.7. The molecule has 0 aromatic heterocycles. The van der Waals surface area contributed by atoms with Crippen LogP contribution >= 0.6 is 0 Å². The van der Waals surface area contributed by atoms with Gasteiger partial charge in [-0.15, -0.1) is 0 Å². The Kier molecular flexibility index (Phi) is 41.7. The molecule has 0 radical (unpaired) electrons. The average Bonchev–Trinajstić information content (AvgIpc) is 3.18. The van der Waals surface area contributed by atoms with Crippen molar-refractivity contribution in [3.63, 3.8) is 0 Å². The quantitative estimate of drug-likeness (QED) is 0.0326. The molecule has 55 heavy (non-hydrogen) atoms. The molecule has 3 unspecified atom stereocenters. The Labute approximate surface area is 341 Å². The predicted molar refractivity (Wildman–Crippen MR) is 236 cm³/mol. The topological polar surface area (TPSA) is 95.9 Å². The van der Waals surface area contributed by atoms with E-state index in [-0.39, 0.29) is 24.9 Å². The van der Waals surface area contributed by atoms with Gasteiger partial charge in [0.2, 0.25) is 5.91 Å². The van der Waals surface area contributed by atoms with Crippen LogP contribution < -0.4 is 5.32 Å². The van der Waals surface area contributed by atoms with Crippen LogP contribution in [0.15, 0.2) is 36.5 Å². The van der Waals surface area contributed by atoms with Gasteiger partial charge in [-0.25, -0.2) is 0 Å². The van der Waals surface area contributed by atoms with Crippen molar-refractivity contribution < 1.29 is 24.5 Å². The fourth-order valence-electron chi connectivity index (χ4n) is 7.07.